The first-order chi connectivity index (χ1) is 9.88. The molecule has 0 aliphatic heterocycles. The van der Waals surface area contributed by atoms with E-state index in [9.17, 15) is 14.9 Å². The maximum absolute atomic E-state index is 11.0. The third-order valence-electron chi connectivity index (χ3n) is 2.83. The van der Waals surface area contributed by atoms with Gasteiger partial charge in [-0.15, -0.1) is 0 Å². The lowest BCUT2D eigenvalue weighted by molar-refractivity contribution is -0.383. The number of nitro benzene ring substituents is 1. The summed E-state index contributed by atoms with van der Waals surface area (Å²) in [4.78, 5) is 21.4. The smallest absolute Gasteiger partial charge is 0.335 e. The number of aromatic carboxylic acids is 1. The highest BCUT2D eigenvalue weighted by Crippen LogP contribution is 2.32. The molecule has 0 atom stereocenters. The van der Waals surface area contributed by atoms with Crippen molar-refractivity contribution in [1.29, 1.82) is 0 Å². The lowest BCUT2D eigenvalue weighted by Crippen LogP contribution is -2.02. The van der Waals surface area contributed by atoms with Gasteiger partial charge in [-0.05, 0) is 36.8 Å². The van der Waals surface area contributed by atoms with Crippen LogP contribution in [-0.4, -0.2) is 16.0 Å². The molecule has 2 N–H and O–H groups in total. The molecule has 2 aromatic rings. The zero-order valence-corrected chi connectivity index (χ0v) is 11.7. The number of carboxylic acids is 1. The van der Waals surface area contributed by atoms with Gasteiger partial charge in [0.05, 0.1) is 21.2 Å². The largest absolute Gasteiger partial charge is 0.478 e. The van der Waals surface area contributed by atoms with Crippen LogP contribution in [0.2, 0.25) is 5.02 Å². The number of carboxylic acid groups (broad SMARTS) is 1. The third-order valence-corrected chi connectivity index (χ3v) is 3.16. The molecule has 21 heavy (non-hydrogen) atoms. The van der Waals surface area contributed by atoms with Crippen molar-refractivity contribution in [2.24, 2.45) is 0 Å². The van der Waals surface area contributed by atoms with E-state index in [4.69, 9.17) is 16.7 Å². The van der Waals surface area contributed by atoms with Crippen molar-refractivity contribution >= 4 is 34.6 Å². The Labute approximate surface area is 125 Å². The summed E-state index contributed by atoms with van der Waals surface area (Å²) in [5, 5.41) is 23.2. The molecule has 0 amide bonds. The van der Waals surface area contributed by atoms with Gasteiger partial charge >= 0.3 is 5.97 Å². The minimum absolute atomic E-state index is 0.0492. The maximum atomic E-state index is 11.0. The summed E-state index contributed by atoms with van der Waals surface area (Å²) in [5.74, 6) is -1.16. The molecule has 2 rings (SSSR count). The van der Waals surface area contributed by atoms with Crippen molar-refractivity contribution in [3.63, 3.8) is 0 Å². The van der Waals surface area contributed by atoms with E-state index in [1.54, 1.807) is 18.2 Å². The zero-order valence-electron chi connectivity index (χ0n) is 11.0. The van der Waals surface area contributed by atoms with Crippen LogP contribution in [-0.2, 0) is 0 Å². The Hall–Kier alpha value is -2.60. The quantitative estimate of drug-likeness (QED) is 0.658. The number of hydrogen-bond acceptors (Lipinski definition) is 4. The monoisotopic (exact) mass is 306 g/mol. The number of nitro groups is 1. The molecule has 0 saturated carbocycles. The van der Waals surface area contributed by atoms with Crippen molar-refractivity contribution in [3.8, 4) is 0 Å². The van der Waals surface area contributed by atoms with Gasteiger partial charge in [0.1, 0.15) is 5.69 Å². The summed E-state index contributed by atoms with van der Waals surface area (Å²) < 4.78 is 0. The Kier molecular flexibility index (Phi) is 4.09. The van der Waals surface area contributed by atoms with Crippen molar-refractivity contribution in [3.05, 3.63) is 62.7 Å². The van der Waals surface area contributed by atoms with Crippen LogP contribution < -0.4 is 5.32 Å². The van der Waals surface area contributed by atoms with Gasteiger partial charge in [-0.2, -0.15) is 0 Å². The first-order valence-electron chi connectivity index (χ1n) is 5.93. The predicted octanol–water partition coefficient (Wildman–Crippen LogP) is 4.00. The van der Waals surface area contributed by atoms with E-state index in [2.05, 4.69) is 5.32 Å². The molecule has 108 valence electrons. The van der Waals surface area contributed by atoms with Crippen LogP contribution in [0.3, 0.4) is 0 Å². The highest BCUT2D eigenvalue weighted by Gasteiger charge is 2.17. The molecule has 0 unspecified atom stereocenters. The first-order valence-corrected chi connectivity index (χ1v) is 6.31. The van der Waals surface area contributed by atoms with Gasteiger partial charge in [0, 0.05) is 6.07 Å². The second-order valence-electron chi connectivity index (χ2n) is 4.40. The lowest BCUT2D eigenvalue weighted by atomic mass is 10.1. The van der Waals surface area contributed by atoms with Gasteiger partial charge in [0.25, 0.3) is 5.69 Å². The van der Waals surface area contributed by atoms with Gasteiger partial charge in [-0.1, -0.05) is 17.7 Å². The standard InChI is InChI=1S/C14H11ClN2O4/c1-8-2-4-10(15)11(6-8)16-12-7-9(14(18)19)3-5-13(12)17(20)21/h2-7,16H,1H3,(H,18,19). The highest BCUT2D eigenvalue weighted by molar-refractivity contribution is 6.33. The normalized spacial score (nSPS) is 10.2. The van der Waals surface area contributed by atoms with Crippen molar-refractivity contribution in [2.75, 3.05) is 5.32 Å². The summed E-state index contributed by atoms with van der Waals surface area (Å²) in [5.41, 5.74) is 1.19. The van der Waals surface area contributed by atoms with Gasteiger partial charge in [-0.25, -0.2) is 4.79 Å². The molecule has 0 aliphatic rings. The van der Waals surface area contributed by atoms with Crippen molar-refractivity contribution in [1.82, 2.24) is 0 Å². The number of aryl methyl sites for hydroxylation is 1. The van der Waals surface area contributed by atoms with E-state index in [0.717, 1.165) is 11.6 Å². The average molecular weight is 307 g/mol. The summed E-state index contributed by atoms with van der Waals surface area (Å²) in [6, 6.07) is 8.72. The summed E-state index contributed by atoms with van der Waals surface area (Å²) in [6.07, 6.45) is 0. The summed E-state index contributed by atoms with van der Waals surface area (Å²) in [6.45, 7) is 1.85. The van der Waals surface area contributed by atoms with Crippen LogP contribution in [0, 0.1) is 17.0 Å². The van der Waals surface area contributed by atoms with Crippen LogP contribution in [0.25, 0.3) is 0 Å². The fourth-order valence-electron chi connectivity index (χ4n) is 1.81. The molecule has 0 spiro atoms. The Balaban J connectivity index is 2.50. The number of rotatable bonds is 4. The molecule has 0 aliphatic carbocycles. The second kappa shape index (κ2) is 5.80. The molecule has 0 saturated heterocycles. The summed E-state index contributed by atoms with van der Waals surface area (Å²) >= 11 is 6.03. The predicted molar refractivity (Wildman–Crippen MR) is 79.5 cm³/mol. The molecule has 0 heterocycles. The molecule has 7 heteroatoms. The fourth-order valence-corrected chi connectivity index (χ4v) is 1.97. The molecule has 0 fully saturated rings. The highest BCUT2D eigenvalue weighted by atomic mass is 35.5. The number of nitrogens with zero attached hydrogens (tertiary/aromatic N) is 1. The number of anilines is 2. The van der Waals surface area contributed by atoms with Gasteiger partial charge in [0.2, 0.25) is 0 Å². The molecule has 0 bridgehead atoms. The minimum Gasteiger partial charge on any atom is -0.478 e. The number of halogens is 1. The van der Waals surface area contributed by atoms with Crippen LogP contribution >= 0.6 is 11.6 Å². The van der Waals surface area contributed by atoms with Crippen LogP contribution in [0.4, 0.5) is 17.1 Å². The first kappa shape index (κ1) is 14.8. The van der Waals surface area contributed by atoms with E-state index in [-0.39, 0.29) is 16.9 Å². The Morgan fingerprint density at radius 3 is 2.57 bits per heavy atom. The molecular formula is C14H11ClN2O4. The van der Waals surface area contributed by atoms with Gasteiger partial charge in [0.15, 0.2) is 0 Å². The zero-order chi connectivity index (χ0) is 15.6. The molecular weight excluding hydrogens is 296 g/mol. The minimum atomic E-state index is -1.16. The van der Waals surface area contributed by atoms with E-state index in [1.165, 1.54) is 12.1 Å². The third kappa shape index (κ3) is 3.29. The van der Waals surface area contributed by atoms with E-state index in [0.29, 0.717) is 10.7 Å². The molecule has 0 aromatic heterocycles. The molecule has 0 radical (unpaired) electrons. The number of hydrogen-bond donors (Lipinski definition) is 2. The van der Waals surface area contributed by atoms with E-state index >= 15 is 0 Å². The topological polar surface area (TPSA) is 92.5 Å². The molecule has 6 nitrogen and oxygen atoms in total. The second-order valence-corrected chi connectivity index (χ2v) is 4.81. The van der Waals surface area contributed by atoms with E-state index < -0.39 is 10.9 Å². The Morgan fingerprint density at radius 2 is 1.95 bits per heavy atom. The number of benzene rings is 2. The van der Waals surface area contributed by atoms with Crippen molar-refractivity contribution < 1.29 is 14.8 Å². The Bertz CT molecular complexity index is 731. The number of nitrogens with one attached hydrogen (secondary N) is 1. The Morgan fingerprint density at radius 1 is 1.24 bits per heavy atom. The number of carbonyl (C=O) groups is 1. The maximum Gasteiger partial charge on any atom is 0.335 e. The summed E-state index contributed by atoms with van der Waals surface area (Å²) in [7, 11) is 0. The van der Waals surface area contributed by atoms with Gasteiger partial charge in [-0.3, -0.25) is 10.1 Å². The van der Waals surface area contributed by atoms with E-state index in [1.807, 2.05) is 6.92 Å². The van der Waals surface area contributed by atoms with Gasteiger partial charge < -0.3 is 10.4 Å². The SMILES string of the molecule is Cc1ccc(Cl)c(Nc2cc(C(=O)O)ccc2[N+](=O)[O-])c1. The lowest BCUT2D eigenvalue weighted by Gasteiger charge is -2.10. The average Bonchev–Trinajstić information content (AvgIpc) is 2.42. The van der Waals surface area contributed by atoms with Crippen molar-refractivity contribution in [2.45, 2.75) is 6.92 Å². The van der Waals surface area contributed by atoms with Crippen LogP contribution in [0.5, 0.6) is 0 Å². The van der Waals surface area contributed by atoms with Crippen LogP contribution in [0.15, 0.2) is 36.4 Å². The van der Waals surface area contributed by atoms with Crippen LogP contribution in [0.1, 0.15) is 15.9 Å². The fraction of sp³-hybridized carbons (Fsp3) is 0.0714. The molecule has 2 aromatic carbocycles.